The Hall–Kier alpha value is -1.85. The van der Waals surface area contributed by atoms with Crippen LogP contribution in [0.2, 0.25) is 0 Å². The van der Waals surface area contributed by atoms with Crippen LogP contribution in [0.4, 0.5) is 0 Å². The van der Waals surface area contributed by atoms with Crippen molar-refractivity contribution < 1.29 is 19.1 Å². The number of carboxylic acids is 1. The number of rotatable bonds is 6. The molecule has 0 fully saturated rings. The predicted molar refractivity (Wildman–Crippen MR) is 63.8 cm³/mol. The second-order valence-corrected chi connectivity index (χ2v) is 4.72. The van der Waals surface area contributed by atoms with E-state index < -0.39 is 11.4 Å². The van der Waals surface area contributed by atoms with Crippen LogP contribution in [-0.2, 0) is 22.6 Å². The Labute approximate surface area is 105 Å². The smallest absolute Gasteiger partial charge is 0.309 e. The fraction of sp³-hybridized carbons (Fsp3) is 0.583. The molecule has 18 heavy (non-hydrogen) atoms. The van der Waals surface area contributed by atoms with Gasteiger partial charge in [0.15, 0.2) is 0 Å². The molecule has 0 saturated heterocycles. The van der Waals surface area contributed by atoms with Crippen molar-refractivity contribution in [3.8, 4) is 0 Å². The number of oxazole rings is 1. The van der Waals surface area contributed by atoms with Crippen LogP contribution >= 0.6 is 0 Å². The third-order valence-corrected chi connectivity index (χ3v) is 2.57. The first-order valence-corrected chi connectivity index (χ1v) is 5.79. The van der Waals surface area contributed by atoms with E-state index in [-0.39, 0.29) is 18.9 Å². The normalized spacial score (nSPS) is 11.3. The number of amides is 1. The first kappa shape index (κ1) is 14.2. The molecule has 0 aliphatic rings. The zero-order valence-corrected chi connectivity index (χ0v) is 10.8. The van der Waals surface area contributed by atoms with Gasteiger partial charge in [0.2, 0.25) is 11.8 Å². The maximum Gasteiger partial charge on any atom is 0.309 e. The van der Waals surface area contributed by atoms with Gasteiger partial charge >= 0.3 is 5.97 Å². The fourth-order valence-corrected chi connectivity index (χ4v) is 1.31. The number of carboxylic acid groups (broad SMARTS) is 1. The fourth-order valence-electron chi connectivity index (χ4n) is 1.31. The molecule has 1 aromatic rings. The number of aliphatic carboxylic acids is 1. The van der Waals surface area contributed by atoms with Crippen LogP contribution in [0.3, 0.4) is 0 Å². The molecule has 100 valence electrons. The lowest BCUT2D eigenvalue weighted by atomic mass is 9.89. The molecular formula is C12H18N2O4. The van der Waals surface area contributed by atoms with Crippen molar-refractivity contribution in [3.05, 3.63) is 17.8 Å². The zero-order valence-electron chi connectivity index (χ0n) is 10.8. The molecule has 0 atom stereocenters. The Balaban J connectivity index is 2.44. The highest BCUT2D eigenvalue weighted by molar-refractivity contribution is 5.84. The van der Waals surface area contributed by atoms with Crippen LogP contribution in [0.5, 0.6) is 0 Å². The number of carbonyl (C=O) groups is 2. The van der Waals surface area contributed by atoms with Gasteiger partial charge in [-0.2, -0.15) is 0 Å². The number of hydrogen-bond acceptors (Lipinski definition) is 4. The molecular weight excluding hydrogens is 236 g/mol. The van der Waals surface area contributed by atoms with Gasteiger partial charge in [-0.1, -0.05) is 6.92 Å². The van der Waals surface area contributed by atoms with Crippen LogP contribution in [-0.4, -0.2) is 22.0 Å². The van der Waals surface area contributed by atoms with Crippen molar-refractivity contribution >= 4 is 11.9 Å². The molecule has 0 unspecified atom stereocenters. The van der Waals surface area contributed by atoms with Crippen molar-refractivity contribution in [2.75, 3.05) is 0 Å². The van der Waals surface area contributed by atoms with Crippen LogP contribution in [0.15, 0.2) is 10.6 Å². The summed E-state index contributed by atoms with van der Waals surface area (Å²) in [6, 6.07) is 0. The van der Waals surface area contributed by atoms with Crippen molar-refractivity contribution in [1.29, 1.82) is 0 Å². The second-order valence-electron chi connectivity index (χ2n) is 4.72. The van der Waals surface area contributed by atoms with E-state index in [4.69, 9.17) is 9.52 Å². The summed E-state index contributed by atoms with van der Waals surface area (Å²) in [6.07, 6.45) is 2.28. The molecule has 0 aliphatic carbocycles. The Morgan fingerprint density at radius 2 is 2.17 bits per heavy atom. The molecule has 0 spiro atoms. The molecule has 1 heterocycles. The molecule has 6 nitrogen and oxygen atoms in total. The lowest BCUT2D eigenvalue weighted by Gasteiger charge is -2.17. The molecule has 1 amide bonds. The van der Waals surface area contributed by atoms with Crippen LogP contribution in [0, 0.1) is 5.41 Å². The summed E-state index contributed by atoms with van der Waals surface area (Å²) >= 11 is 0. The average Bonchev–Trinajstić information content (AvgIpc) is 2.73. The van der Waals surface area contributed by atoms with Gasteiger partial charge in [0, 0.05) is 12.8 Å². The Kier molecular flexibility index (Phi) is 4.47. The summed E-state index contributed by atoms with van der Waals surface area (Å²) in [5.74, 6) is -0.154. The number of aromatic nitrogens is 1. The lowest BCUT2D eigenvalue weighted by molar-refractivity contribution is -0.149. The highest BCUT2D eigenvalue weighted by Gasteiger charge is 2.30. The highest BCUT2D eigenvalue weighted by atomic mass is 16.4. The number of hydrogen-bond donors (Lipinski definition) is 2. The third kappa shape index (κ3) is 3.87. The summed E-state index contributed by atoms with van der Waals surface area (Å²) in [4.78, 5) is 26.4. The van der Waals surface area contributed by atoms with Gasteiger partial charge in [0.1, 0.15) is 5.76 Å². The highest BCUT2D eigenvalue weighted by Crippen LogP contribution is 2.20. The molecule has 0 aromatic carbocycles. The minimum Gasteiger partial charge on any atom is -0.481 e. The molecule has 0 radical (unpaired) electrons. The molecule has 1 rings (SSSR count). The summed E-state index contributed by atoms with van der Waals surface area (Å²) in [6.45, 7) is 5.14. The predicted octanol–water partition coefficient (Wildman–Crippen LogP) is 1.35. The maximum absolute atomic E-state index is 11.6. The van der Waals surface area contributed by atoms with Crippen molar-refractivity contribution in [3.63, 3.8) is 0 Å². The van der Waals surface area contributed by atoms with Crippen molar-refractivity contribution in [1.82, 2.24) is 10.3 Å². The summed E-state index contributed by atoms with van der Waals surface area (Å²) in [7, 11) is 0. The van der Waals surface area contributed by atoms with E-state index in [1.165, 1.54) is 13.8 Å². The number of aryl methyl sites for hydroxylation is 1. The van der Waals surface area contributed by atoms with Crippen LogP contribution < -0.4 is 5.32 Å². The van der Waals surface area contributed by atoms with Crippen LogP contribution in [0.1, 0.15) is 38.8 Å². The SMILES string of the molecule is CCc1cnc(CNC(=O)CC(C)(C)C(=O)O)o1. The van der Waals surface area contributed by atoms with Gasteiger partial charge in [0.25, 0.3) is 0 Å². The zero-order chi connectivity index (χ0) is 13.8. The van der Waals surface area contributed by atoms with Gasteiger partial charge < -0.3 is 14.8 Å². The van der Waals surface area contributed by atoms with Crippen molar-refractivity contribution in [2.45, 2.75) is 40.2 Å². The number of carbonyl (C=O) groups excluding carboxylic acids is 1. The van der Waals surface area contributed by atoms with E-state index in [0.29, 0.717) is 5.89 Å². The largest absolute Gasteiger partial charge is 0.481 e. The second kappa shape index (κ2) is 5.66. The minimum atomic E-state index is -1.07. The monoisotopic (exact) mass is 254 g/mol. The molecule has 1 aromatic heterocycles. The van der Waals surface area contributed by atoms with E-state index >= 15 is 0 Å². The van der Waals surface area contributed by atoms with Gasteiger partial charge in [-0.25, -0.2) is 4.98 Å². The van der Waals surface area contributed by atoms with E-state index in [1.54, 1.807) is 6.20 Å². The Morgan fingerprint density at radius 1 is 1.50 bits per heavy atom. The molecule has 2 N–H and O–H groups in total. The molecule has 0 aliphatic heterocycles. The van der Waals surface area contributed by atoms with Crippen LogP contribution in [0.25, 0.3) is 0 Å². The van der Waals surface area contributed by atoms with Crippen molar-refractivity contribution in [2.24, 2.45) is 5.41 Å². The lowest BCUT2D eigenvalue weighted by Crippen LogP contribution is -2.33. The van der Waals surface area contributed by atoms with E-state index in [9.17, 15) is 9.59 Å². The van der Waals surface area contributed by atoms with E-state index in [2.05, 4.69) is 10.3 Å². The third-order valence-electron chi connectivity index (χ3n) is 2.57. The van der Waals surface area contributed by atoms with Gasteiger partial charge in [-0.3, -0.25) is 9.59 Å². The number of nitrogens with zero attached hydrogens (tertiary/aromatic N) is 1. The molecule has 6 heteroatoms. The summed E-state index contributed by atoms with van der Waals surface area (Å²) in [5, 5.41) is 11.5. The van der Waals surface area contributed by atoms with E-state index in [0.717, 1.165) is 12.2 Å². The average molecular weight is 254 g/mol. The first-order chi connectivity index (χ1) is 8.35. The summed E-state index contributed by atoms with van der Waals surface area (Å²) < 4.78 is 5.32. The molecule has 0 saturated carbocycles. The topological polar surface area (TPSA) is 92.4 Å². The van der Waals surface area contributed by atoms with E-state index in [1.807, 2.05) is 6.92 Å². The minimum absolute atomic E-state index is 0.0797. The van der Waals surface area contributed by atoms with Gasteiger partial charge in [-0.15, -0.1) is 0 Å². The summed E-state index contributed by atoms with van der Waals surface area (Å²) in [5.41, 5.74) is -1.07. The maximum atomic E-state index is 11.6. The number of nitrogens with one attached hydrogen (secondary N) is 1. The molecule has 0 bridgehead atoms. The standard InChI is InChI=1S/C12H18N2O4/c1-4-8-6-14-10(18-8)7-13-9(15)5-12(2,3)11(16)17/h6H,4-5,7H2,1-3H3,(H,13,15)(H,16,17). The Morgan fingerprint density at radius 3 is 2.67 bits per heavy atom. The first-order valence-electron chi connectivity index (χ1n) is 5.79. The Bertz CT molecular complexity index is 437. The van der Waals surface area contributed by atoms with Gasteiger partial charge in [0.05, 0.1) is 18.2 Å². The quantitative estimate of drug-likeness (QED) is 0.799. The van der Waals surface area contributed by atoms with Gasteiger partial charge in [-0.05, 0) is 13.8 Å².